The Bertz CT molecular complexity index is 4070. The van der Waals surface area contributed by atoms with Crippen LogP contribution in [0.15, 0.2) is 180 Å². The number of ether oxygens (including phenoxy) is 1. The Balaban J connectivity index is 0.000000182. The summed E-state index contributed by atoms with van der Waals surface area (Å²) < 4.78 is 110. The number of aromatic nitrogens is 9. The molecule has 94 heavy (non-hydrogen) atoms. The smallest absolute Gasteiger partial charge is 0.478 e. The number of esters is 1. The van der Waals surface area contributed by atoms with Crippen LogP contribution in [0.2, 0.25) is 0 Å². The van der Waals surface area contributed by atoms with Gasteiger partial charge in [0.25, 0.3) is 0 Å². The molecule has 6 aromatic heterocycles. The van der Waals surface area contributed by atoms with Crippen molar-refractivity contribution in [3.63, 3.8) is 0 Å². The fraction of sp³-hybridized carbons (Fsp3) is 0.258. The summed E-state index contributed by atoms with van der Waals surface area (Å²) in [7, 11) is -4.68. The van der Waals surface area contributed by atoms with E-state index in [9.17, 15) is 63.8 Å². The third kappa shape index (κ3) is 20.4. The normalized spacial score (nSPS) is 14.0. The second-order valence-corrected chi connectivity index (χ2v) is 22.2. The second kappa shape index (κ2) is 33.0. The molecule has 0 saturated heterocycles. The number of pyridine rings is 3. The van der Waals surface area contributed by atoms with Crippen molar-refractivity contribution in [2.24, 2.45) is 27.9 Å². The van der Waals surface area contributed by atoms with Gasteiger partial charge in [0.05, 0.1) is 71.7 Å². The van der Waals surface area contributed by atoms with E-state index in [4.69, 9.17) is 27.9 Å². The van der Waals surface area contributed by atoms with E-state index in [1.165, 1.54) is 50.4 Å². The number of carboxylic acids is 1. The molecule has 25 nitrogen and oxygen atoms in total. The number of nitrogens with two attached hydrogens (primary N) is 4. The van der Waals surface area contributed by atoms with E-state index in [-0.39, 0.29) is 43.3 Å². The fourth-order valence-electron chi connectivity index (χ4n) is 9.03. The van der Waals surface area contributed by atoms with E-state index in [0.29, 0.717) is 71.6 Å². The number of nitrogens with one attached hydrogen (secondary N) is 1. The lowest BCUT2D eigenvalue weighted by Crippen LogP contribution is -2.42. The van der Waals surface area contributed by atoms with Gasteiger partial charge >= 0.3 is 27.6 Å². The third-order valence-corrected chi connectivity index (χ3v) is 14.8. The molecule has 8 aromatic rings. The lowest BCUT2D eigenvalue weighted by molar-refractivity contribution is -0.137. The Hall–Kier alpha value is -10.7. The van der Waals surface area contributed by atoms with E-state index >= 15 is 0 Å². The quantitative estimate of drug-likeness (QED) is 0.0161. The van der Waals surface area contributed by atoms with Crippen molar-refractivity contribution in [2.45, 2.75) is 94.3 Å². The Labute approximate surface area is 533 Å². The number of aliphatic carboxylic acids is 1. The summed E-state index contributed by atoms with van der Waals surface area (Å²) in [6, 6.07) is 30.4. The molecule has 2 aliphatic rings. The Morgan fingerprint density at radius 1 is 0.596 bits per heavy atom. The topological polar surface area (TPSA) is 379 Å². The maximum atomic E-state index is 13.1. The zero-order valence-corrected chi connectivity index (χ0v) is 50.8. The summed E-state index contributed by atoms with van der Waals surface area (Å²) in [6.07, 6.45) is 12.7. The number of hydrogen-bond donors (Lipinski definition) is 6. The molecule has 32 heteroatoms. The molecular formula is C62H63F6N15O10S. The van der Waals surface area contributed by atoms with Crippen molar-refractivity contribution in [1.82, 2.24) is 49.6 Å². The number of methoxy groups -OCH3 is 1. The number of carbonyl (C=O) groups excluding carboxylic acids is 4. The molecule has 494 valence electrons. The number of nitrogens with zero attached hydrogens (tertiary/aromatic N) is 10. The van der Waals surface area contributed by atoms with Crippen LogP contribution >= 0.6 is 0 Å². The lowest BCUT2D eigenvalue weighted by Gasteiger charge is -2.20. The molecule has 0 fully saturated rings. The van der Waals surface area contributed by atoms with Crippen LogP contribution in [0.5, 0.6) is 0 Å². The number of primary amides is 2. The zero-order valence-electron chi connectivity index (χ0n) is 50.0. The minimum absolute atomic E-state index is 0.0419. The van der Waals surface area contributed by atoms with Gasteiger partial charge in [0.1, 0.15) is 29.3 Å². The predicted octanol–water partition coefficient (Wildman–Crippen LogP) is 6.26. The van der Waals surface area contributed by atoms with E-state index in [2.05, 4.69) is 44.5 Å². The molecule has 2 aliphatic carbocycles. The van der Waals surface area contributed by atoms with E-state index in [1.54, 1.807) is 36.8 Å². The molecule has 3 atom stereocenters. The molecule has 0 spiro atoms. The van der Waals surface area contributed by atoms with E-state index < -0.39 is 86.6 Å². The number of aliphatic imine (C=N–C) groups is 1. The molecule has 6 heterocycles. The molecule has 10 rings (SSSR count). The Kier molecular flexibility index (Phi) is 24.8. The molecule has 0 radical (unpaired) electrons. The number of alkyl halides is 3. The van der Waals surface area contributed by atoms with Gasteiger partial charge in [-0.25, -0.2) is 51.8 Å². The van der Waals surface area contributed by atoms with E-state index in [0.717, 1.165) is 49.7 Å². The number of rotatable bonds is 20. The summed E-state index contributed by atoms with van der Waals surface area (Å²) in [4.78, 5) is 74.5. The zero-order chi connectivity index (χ0) is 68.1. The molecule has 0 saturated carbocycles. The van der Waals surface area contributed by atoms with Gasteiger partial charge in [0.15, 0.2) is 17.5 Å². The fourth-order valence-corrected chi connectivity index (χ4v) is 9.57. The van der Waals surface area contributed by atoms with Gasteiger partial charge in [-0.05, 0) is 99.5 Å². The van der Waals surface area contributed by atoms with Crippen molar-refractivity contribution in [3.05, 3.63) is 221 Å². The maximum absolute atomic E-state index is 13.1. The molecule has 0 aliphatic heterocycles. The van der Waals surface area contributed by atoms with Gasteiger partial charge in [-0.2, -0.15) is 36.9 Å². The Morgan fingerprint density at radius 3 is 1.43 bits per heavy atom. The average Bonchev–Trinajstić information content (AvgIpc) is 1.72. The standard InChI is InChI=1S/C24H20FN5O.C18H20FN5O3.C11H12FN5O.C9H11F3O5S/c25-19-11-12-22(27-16-19)30-14-13-20(29-30)15-21(24(26)31)28-23(17-7-3-1-4-8-17)18-9-5-2-6-10-18;19-11-5-6-16(21-10-11)24-8-7-12(23-24)9-14(20)17(25)22-15-4-2-1-3-13(15)18(26)27;12-7-1-2-10(15-6-7)17-4-3-8(16-17)5-9(13)11(14)18;1-16-8(13)6-4-2-3-5-7(6)17-18(14,15)9(10,11)12/h1-14,16,21H,15H2,(H2,26,31);5-8,10,14H,1-4,9,20H2,(H,22,25)(H,26,27);1-4,6,9H,5,13H2,(H2,14,18);2-5H2,1H3. The monoisotopic (exact) mass is 1320 g/mol. The summed E-state index contributed by atoms with van der Waals surface area (Å²) >= 11 is 0. The first-order valence-electron chi connectivity index (χ1n) is 28.6. The number of carboxylic acid groups (broad SMARTS) is 1. The Morgan fingerprint density at radius 2 is 1.02 bits per heavy atom. The van der Waals surface area contributed by atoms with Crippen LogP contribution in [0.4, 0.5) is 26.3 Å². The van der Waals surface area contributed by atoms with Gasteiger partial charge in [0, 0.05) is 61.1 Å². The van der Waals surface area contributed by atoms with Crippen LogP contribution in [0, 0.1) is 17.5 Å². The third-order valence-electron chi connectivity index (χ3n) is 13.8. The number of carbonyl (C=O) groups is 5. The number of amides is 3. The maximum Gasteiger partial charge on any atom is 0.534 e. The van der Waals surface area contributed by atoms with Crippen molar-refractivity contribution >= 4 is 45.5 Å². The van der Waals surface area contributed by atoms with Gasteiger partial charge < -0.3 is 42.3 Å². The van der Waals surface area contributed by atoms with Crippen LogP contribution in [0.3, 0.4) is 0 Å². The van der Waals surface area contributed by atoms with Gasteiger partial charge in [-0.3, -0.25) is 19.4 Å². The number of hydrogen-bond acceptors (Lipinski definition) is 18. The first-order chi connectivity index (χ1) is 44.8. The molecule has 3 unspecified atom stereocenters. The van der Waals surface area contributed by atoms with Gasteiger partial charge in [-0.1, -0.05) is 60.7 Å². The summed E-state index contributed by atoms with van der Waals surface area (Å²) in [5.74, 6) is -3.81. The van der Waals surface area contributed by atoms with Gasteiger partial charge in [0.2, 0.25) is 17.7 Å². The first kappa shape index (κ1) is 70.7. The van der Waals surface area contributed by atoms with Crippen molar-refractivity contribution < 1.29 is 72.8 Å². The van der Waals surface area contributed by atoms with Crippen LogP contribution in [0.25, 0.3) is 17.5 Å². The van der Waals surface area contributed by atoms with Crippen LogP contribution in [-0.2, 0) is 62.3 Å². The van der Waals surface area contributed by atoms with Crippen LogP contribution < -0.4 is 28.3 Å². The van der Waals surface area contributed by atoms with Crippen molar-refractivity contribution in [3.8, 4) is 17.5 Å². The highest BCUT2D eigenvalue weighted by Gasteiger charge is 2.49. The molecule has 2 aromatic carbocycles. The van der Waals surface area contributed by atoms with Crippen molar-refractivity contribution in [2.75, 3.05) is 7.11 Å². The highest BCUT2D eigenvalue weighted by Crippen LogP contribution is 2.33. The summed E-state index contributed by atoms with van der Waals surface area (Å²) in [5.41, 5.74) is 21.5. The number of halogens is 6. The highest BCUT2D eigenvalue weighted by atomic mass is 32.2. The first-order valence-corrected chi connectivity index (χ1v) is 30.0. The van der Waals surface area contributed by atoms with Crippen LogP contribution in [-0.4, -0.2) is 124 Å². The van der Waals surface area contributed by atoms with Crippen molar-refractivity contribution in [1.29, 1.82) is 0 Å². The minimum atomic E-state index is -5.74. The molecule has 0 bridgehead atoms. The summed E-state index contributed by atoms with van der Waals surface area (Å²) in [6.45, 7) is 0. The molecule has 10 N–H and O–H groups in total. The highest BCUT2D eigenvalue weighted by molar-refractivity contribution is 7.87. The molecular weight excluding hydrogens is 1260 g/mol. The SMILES string of the molecule is COC(=O)C1=C(OS(=O)(=O)C(F)(F)F)CCCC1.NC(=O)C(Cc1ccn(-c2ccc(F)cn2)n1)N=C(c1ccccc1)c1ccccc1.NC(=O)C(N)Cc1ccn(-c2ccc(F)cn2)n1.NC(Cc1ccn(-c2ccc(F)cn2)n1)C(=O)NC1=C(C(=O)O)CCCC1. The number of allylic oxidation sites excluding steroid dienone is 2. The predicted molar refractivity (Wildman–Crippen MR) is 327 cm³/mol. The largest absolute Gasteiger partial charge is 0.534 e. The number of benzene rings is 2. The molecule has 3 amide bonds. The van der Waals surface area contributed by atoms with Crippen LogP contribution in [0.1, 0.15) is 79.6 Å². The van der Waals surface area contributed by atoms with Gasteiger partial charge in [-0.15, -0.1) is 0 Å². The average molecular weight is 1320 g/mol. The van der Waals surface area contributed by atoms with E-state index in [1.807, 2.05) is 60.7 Å². The summed E-state index contributed by atoms with van der Waals surface area (Å²) in [5, 5.41) is 24.8. The minimum Gasteiger partial charge on any atom is -0.478 e. The second-order valence-electron chi connectivity index (χ2n) is 20.7. The lowest BCUT2D eigenvalue weighted by atomic mass is 9.96.